The quantitative estimate of drug-likeness (QED) is 0.771. The number of hydrogen-bond donors (Lipinski definition) is 1. The van der Waals surface area contributed by atoms with Gasteiger partial charge in [0.2, 0.25) is 0 Å². The summed E-state index contributed by atoms with van der Waals surface area (Å²) in [5.74, 6) is 0. The van der Waals surface area contributed by atoms with E-state index < -0.39 is 0 Å². The van der Waals surface area contributed by atoms with Gasteiger partial charge in [0.1, 0.15) is 0 Å². The van der Waals surface area contributed by atoms with Crippen LogP contribution in [0.15, 0.2) is 28.7 Å². The molecule has 106 valence electrons. The molecule has 0 aliphatic carbocycles. The van der Waals surface area contributed by atoms with Crippen LogP contribution in [0.3, 0.4) is 0 Å². The lowest BCUT2D eigenvalue weighted by Crippen LogP contribution is -2.06. The molecule has 0 bridgehead atoms. The first-order valence-electron chi connectivity index (χ1n) is 6.96. The van der Waals surface area contributed by atoms with E-state index in [0.717, 1.165) is 11.0 Å². The predicted molar refractivity (Wildman–Crippen MR) is 91.6 cm³/mol. The molecule has 0 spiro atoms. The van der Waals surface area contributed by atoms with Gasteiger partial charge in [-0.05, 0) is 84.4 Å². The van der Waals surface area contributed by atoms with Crippen LogP contribution in [-0.2, 0) is 6.54 Å². The Kier molecular flexibility index (Phi) is 4.54. The van der Waals surface area contributed by atoms with Gasteiger partial charge in [0.05, 0.1) is 5.69 Å². The number of rotatable bonds is 3. The van der Waals surface area contributed by atoms with Gasteiger partial charge in [-0.2, -0.15) is 0 Å². The molecule has 2 rings (SSSR count). The summed E-state index contributed by atoms with van der Waals surface area (Å²) in [5.41, 5.74) is 9.18. The van der Waals surface area contributed by atoms with Crippen LogP contribution in [0.5, 0.6) is 0 Å². The number of halogens is 1. The smallest absolute Gasteiger partial charge is 0.0517 e. The van der Waals surface area contributed by atoms with E-state index in [1.165, 1.54) is 39.1 Å². The first-order chi connectivity index (χ1) is 9.38. The molecular formula is C18H22BrN. The lowest BCUT2D eigenvalue weighted by atomic mass is 9.99. The molecule has 1 nitrogen and oxygen atoms in total. The van der Waals surface area contributed by atoms with E-state index in [2.05, 4.69) is 80.1 Å². The average Bonchev–Trinajstić information content (AvgIpc) is 2.30. The third-order valence-electron chi connectivity index (χ3n) is 3.71. The summed E-state index contributed by atoms with van der Waals surface area (Å²) in [6, 6.07) is 8.87. The standard InChI is InChI=1S/C18H22BrN/c1-11-6-13(3)16(14(4)7-11)10-20-18-15(5)8-12(2)9-17(18)19/h6-9,20H,10H2,1-5H3. The molecule has 0 heterocycles. The molecule has 1 N–H and O–H groups in total. The zero-order chi connectivity index (χ0) is 14.9. The summed E-state index contributed by atoms with van der Waals surface area (Å²) in [6.07, 6.45) is 0. The van der Waals surface area contributed by atoms with E-state index in [-0.39, 0.29) is 0 Å². The Hall–Kier alpha value is -1.28. The molecular weight excluding hydrogens is 310 g/mol. The molecule has 0 saturated carbocycles. The van der Waals surface area contributed by atoms with Crippen LogP contribution in [0.2, 0.25) is 0 Å². The maximum atomic E-state index is 3.66. The van der Waals surface area contributed by atoms with Gasteiger partial charge in [0.25, 0.3) is 0 Å². The van der Waals surface area contributed by atoms with Crippen LogP contribution in [0.4, 0.5) is 5.69 Å². The summed E-state index contributed by atoms with van der Waals surface area (Å²) < 4.78 is 1.14. The van der Waals surface area contributed by atoms with Crippen molar-refractivity contribution in [2.45, 2.75) is 41.2 Å². The molecule has 0 aliphatic rings. The molecule has 2 heteroatoms. The number of benzene rings is 2. The molecule has 0 saturated heterocycles. The van der Waals surface area contributed by atoms with Gasteiger partial charge in [-0.25, -0.2) is 0 Å². The second kappa shape index (κ2) is 6.01. The molecule has 20 heavy (non-hydrogen) atoms. The molecule has 0 radical (unpaired) electrons. The number of nitrogens with one attached hydrogen (secondary N) is 1. The molecule has 0 amide bonds. The van der Waals surface area contributed by atoms with Gasteiger partial charge in [-0.1, -0.05) is 23.8 Å². The van der Waals surface area contributed by atoms with Crippen molar-refractivity contribution in [3.8, 4) is 0 Å². The van der Waals surface area contributed by atoms with Crippen molar-refractivity contribution >= 4 is 21.6 Å². The minimum Gasteiger partial charge on any atom is -0.380 e. The van der Waals surface area contributed by atoms with Gasteiger partial charge in [0, 0.05) is 11.0 Å². The second-order valence-electron chi connectivity index (χ2n) is 5.67. The van der Waals surface area contributed by atoms with Crippen molar-refractivity contribution in [2.75, 3.05) is 5.32 Å². The fourth-order valence-electron chi connectivity index (χ4n) is 2.81. The Labute approximate surface area is 130 Å². The normalized spacial score (nSPS) is 10.7. The Morgan fingerprint density at radius 1 is 0.800 bits per heavy atom. The van der Waals surface area contributed by atoms with Crippen LogP contribution in [-0.4, -0.2) is 0 Å². The fraction of sp³-hybridized carbons (Fsp3) is 0.333. The second-order valence-corrected chi connectivity index (χ2v) is 6.52. The summed E-state index contributed by atoms with van der Waals surface area (Å²) in [7, 11) is 0. The van der Waals surface area contributed by atoms with E-state index in [1.54, 1.807) is 0 Å². The number of aryl methyl sites for hydroxylation is 5. The first-order valence-corrected chi connectivity index (χ1v) is 7.75. The van der Waals surface area contributed by atoms with Crippen molar-refractivity contribution in [1.29, 1.82) is 0 Å². The van der Waals surface area contributed by atoms with Gasteiger partial charge in [-0.3, -0.25) is 0 Å². The summed E-state index contributed by atoms with van der Waals surface area (Å²) in [5, 5.41) is 3.58. The Morgan fingerprint density at radius 2 is 1.30 bits per heavy atom. The zero-order valence-electron chi connectivity index (χ0n) is 12.9. The van der Waals surface area contributed by atoms with Gasteiger partial charge in [-0.15, -0.1) is 0 Å². The maximum Gasteiger partial charge on any atom is 0.0517 e. The molecule has 0 atom stereocenters. The summed E-state index contributed by atoms with van der Waals surface area (Å²) in [4.78, 5) is 0. The Balaban J connectivity index is 2.26. The van der Waals surface area contributed by atoms with Crippen LogP contribution in [0.25, 0.3) is 0 Å². The minimum atomic E-state index is 0.862. The van der Waals surface area contributed by atoms with Gasteiger partial charge in [0.15, 0.2) is 0 Å². The minimum absolute atomic E-state index is 0.862. The number of anilines is 1. The lowest BCUT2D eigenvalue weighted by molar-refractivity contribution is 1.07. The highest BCUT2D eigenvalue weighted by molar-refractivity contribution is 9.10. The van der Waals surface area contributed by atoms with Crippen LogP contribution in [0, 0.1) is 34.6 Å². The van der Waals surface area contributed by atoms with Crippen LogP contribution >= 0.6 is 15.9 Å². The van der Waals surface area contributed by atoms with E-state index in [4.69, 9.17) is 0 Å². The van der Waals surface area contributed by atoms with Crippen molar-refractivity contribution in [3.63, 3.8) is 0 Å². The van der Waals surface area contributed by atoms with E-state index in [1.807, 2.05) is 0 Å². The monoisotopic (exact) mass is 331 g/mol. The number of hydrogen-bond acceptors (Lipinski definition) is 1. The third-order valence-corrected chi connectivity index (χ3v) is 4.34. The third kappa shape index (κ3) is 3.24. The molecule has 0 unspecified atom stereocenters. The van der Waals surface area contributed by atoms with Crippen molar-refractivity contribution < 1.29 is 0 Å². The van der Waals surface area contributed by atoms with Crippen LogP contribution < -0.4 is 5.32 Å². The lowest BCUT2D eigenvalue weighted by Gasteiger charge is -2.16. The average molecular weight is 332 g/mol. The molecule has 0 aliphatic heterocycles. The van der Waals surface area contributed by atoms with Gasteiger partial charge >= 0.3 is 0 Å². The SMILES string of the molecule is Cc1cc(C)c(CNc2c(C)cc(C)cc2Br)c(C)c1. The highest BCUT2D eigenvalue weighted by Crippen LogP contribution is 2.29. The first kappa shape index (κ1) is 15.1. The fourth-order valence-corrected chi connectivity index (χ4v) is 3.62. The van der Waals surface area contributed by atoms with E-state index in [0.29, 0.717) is 0 Å². The van der Waals surface area contributed by atoms with Crippen molar-refractivity contribution in [2.24, 2.45) is 0 Å². The van der Waals surface area contributed by atoms with Crippen molar-refractivity contribution in [1.82, 2.24) is 0 Å². The topological polar surface area (TPSA) is 12.0 Å². The molecule has 2 aromatic rings. The molecule has 0 aromatic heterocycles. The predicted octanol–water partition coefficient (Wildman–Crippen LogP) is 5.60. The highest BCUT2D eigenvalue weighted by Gasteiger charge is 2.07. The van der Waals surface area contributed by atoms with E-state index >= 15 is 0 Å². The van der Waals surface area contributed by atoms with Crippen LogP contribution in [0.1, 0.15) is 33.4 Å². The van der Waals surface area contributed by atoms with Gasteiger partial charge < -0.3 is 5.32 Å². The molecule has 2 aromatic carbocycles. The zero-order valence-corrected chi connectivity index (χ0v) is 14.5. The largest absolute Gasteiger partial charge is 0.380 e. The Morgan fingerprint density at radius 3 is 1.85 bits per heavy atom. The summed E-state index contributed by atoms with van der Waals surface area (Å²) >= 11 is 3.66. The maximum absolute atomic E-state index is 3.66. The van der Waals surface area contributed by atoms with Crippen molar-refractivity contribution in [3.05, 3.63) is 62.1 Å². The highest BCUT2D eigenvalue weighted by atomic mass is 79.9. The summed E-state index contributed by atoms with van der Waals surface area (Å²) in [6.45, 7) is 11.7. The van der Waals surface area contributed by atoms with E-state index in [9.17, 15) is 0 Å². The Bertz CT molecular complexity index is 540. The molecule has 0 fully saturated rings.